The summed E-state index contributed by atoms with van der Waals surface area (Å²) in [4.78, 5) is 14.6. The molecule has 0 aliphatic carbocycles. The first kappa shape index (κ1) is 19.9. The van der Waals surface area contributed by atoms with E-state index in [4.69, 9.17) is 4.74 Å². The summed E-state index contributed by atoms with van der Waals surface area (Å²) in [5, 5.41) is 8.15. The predicted octanol–water partition coefficient (Wildman–Crippen LogP) is 3.98. The molecular weight excluding hydrogens is 376 g/mol. The fourth-order valence-corrected chi connectivity index (χ4v) is 3.49. The average Bonchev–Trinajstić information content (AvgIpc) is 3.25. The highest BCUT2D eigenvalue weighted by Crippen LogP contribution is 2.20. The van der Waals surface area contributed by atoms with Crippen molar-refractivity contribution in [3.8, 4) is 5.75 Å². The van der Waals surface area contributed by atoms with Crippen LogP contribution in [0.2, 0.25) is 0 Å². The Morgan fingerprint density at radius 3 is 2.57 bits per heavy atom. The topological polar surface area (TPSA) is 60.2 Å². The summed E-state index contributed by atoms with van der Waals surface area (Å²) in [5.41, 5.74) is 2.73. The van der Waals surface area contributed by atoms with E-state index in [1.807, 2.05) is 71.6 Å². The number of nitrogens with zero attached hydrogens (tertiary/aromatic N) is 4. The fraction of sp³-hybridized carbons (Fsp3) is 0.292. The zero-order chi connectivity index (χ0) is 20.8. The minimum absolute atomic E-state index is 0.0675. The second-order valence-corrected chi connectivity index (χ2v) is 7.56. The van der Waals surface area contributed by atoms with Gasteiger partial charge in [-0.15, -0.1) is 5.10 Å². The number of allylic oxidation sites excluding steroid dienone is 1. The Labute approximate surface area is 176 Å². The maximum atomic E-state index is 12.8. The molecule has 0 bridgehead atoms. The van der Waals surface area contributed by atoms with Gasteiger partial charge in [0.15, 0.2) is 5.69 Å². The van der Waals surface area contributed by atoms with E-state index >= 15 is 0 Å². The van der Waals surface area contributed by atoms with Crippen LogP contribution in [0, 0.1) is 6.92 Å². The number of ether oxygens (including phenoxy) is 1. The molecule has 1 fully saturated rings. The summed E-state index contributed by atoms with van der Waals surface area (Å²) in [7, 11) is 0. The molecule has 1 aliphatic rings. The van der Waals surface area contributed by atoms with E-state index in [9.17, 15) is 4.79 Å². The zero-order valence-electron chi connectivity index (χ0n) is 17.1. The minimum atomic E-state index is -0.0675. The highest BCUT2D eigenvalue weighted by molar-refractivity contribution is 5.92. The maximum absolute atomic E-state index is 12.8. The number of aromatic nitrogens is 3. The molecule has 0 radical (unpaired) electrons. The molecular formula is C24H26N4O2. The van der Waals surface area contributed by atoms with Gasteiger partial charge in [0, 0.05) is 25.9 Å². The van der Waals surface area contributed by atoms with Crippen molar-refractivity contribution in [1.29, 1.82) is 0 Å². The zero-order valence-corrected chi connectivity index (χ0v) is 17.1. The molecule has 2 aromatic carbocycles. The lowest BCUT2D eigenvalue weighted by Crippen LogP contribution is -2.41. The number of piperidine rings is 1. The van der Waals surface area contributed by atoms with Crippen molar-refractivity contribution in [2.45, 2.75) is 32.4 Å². The van der Waals surface area contributed by atoms with Crippen LogP contribution in [0.5, 0.6) is 5.75 Å². The van der Waals surface area contributed by atoms with Gasteiger partial charge in [-0.05, 0) is 24.6 Å². The monoisotopic (exact) mass is 402 g/mol. The molecule has 3 aromatic rings. The summed E-state index contributed by atoms with van der Waals surface area (Å²) in [6.45, 7) is 3.96. The van der Waals surface area contributed by atoms with Crippen LogP contribution in [0.25, 0.3) is 6.08 Å². The van der Waals surface area contributed by atoms with Crippen LogP contribution in [-0.2, 0) is 6.54 Å². The third kappa shape index (κ3) is 5.14. The van der Waals surface area contributed by atoms with Crippen LogP contribution in [0.1, 0.15) is 34.5 Å². The molecule has 154 valence electrons. The standard InChI is InChI=1S/C24H26N4O2/c1-19-9-11-21(12-10-19)30-22-13-16-27(17-14-22)24(29)23-18-28(26-25-23)15-5-8-20-6-3-2-4-7-20/h2-12,18,22H,13-17H2,1H3. The highest BCUT2D eigenvalue weighted by Gasteiger charge is 2.26. The first-order chi connectivity index (χ1) is 14.7. The van der Waals surface area contributed by atoms with Gasteiger partial charge in [-0.1, -0.05) is 65.4 Å². The second kappa shape index (κ2) is 9.39. The number of carbonyl (C=O) groups excluding carboxylic acids is 1. The number of likely N-dealkylation sites (tertiary alicyclic amines) is 1. The van der Waals surface area contributed by atoms with Crippen molar-refractivity contribution in [1.82, 2.24) is 19.9 Å². The fourth-order valence-electron chi connectivity index (χ4n) is 3.49. The van der Waals surface area contributed by atoms with Crippen molar-refractivity contribution in [2.24, 2.45) is 0 Å². The van der Waals surface area contributed by atoms with Gasteiger partial charge in [0.25, 0.3) is 5.91 Å². The molecule has 0 saturated carbocycles. The van der Waals surface area contributed by atoms with Gasteiger partial charge in [0.2, 0.25) is 0 Å². The lowest BCUT2D eigenvalue weighted by molar-refractivity contribution is 0.0590. The molecule has 0 N–H and O–H groups in total. The summed E-state index contributed by atoms with van der Waals surface area (Å²) in [6, 6.07) is 18.2. The maximum Gasteiger partial charge on any atom is 0.276 e. The van der Waals surface area contributed by atoms with E-state index in [0.717, 1.165) is 24.2 Å². The smallest absolute Gasteiger partial charge is 0.276 e. The third-order valence-corrected chi connectivity index (χ3v) is 5.21. The number of benzene rings is 2. The second-order valence-electron chi connectivity index (χ2n) is 7.56. The van der Waals surface area contributed by atoms with Crippen LogP contribution in [0.4, 0.5) is 0 Å². The Morgan fingerprint density at radius 1 is 1.10 bits per heavy atom. The van der Waals surface area contributed by atoms with Gasteiger partial charge >= 0.3 is 0 Å². The third-order valence-electron chi connectivity index (χ3n) is 5.21. The van der Waals surface area contributed by atoms with E-state index in [1.165, 1.54) is 5.56 Å². The Morgan fingerprint density at radius 2 is 1.83 bits per heavy atom. The molecule has 0 spiro atoms. The molecule has 4 rings (SSSR count). The van der Waals surface area contributed by atoms with Crippen LogP contribution >= 0.6 is 0 Å². The lowest BCUT2D eigenvalue weighted by Gasteiger charge is -2.31. The molecule has 1 saturated heterocycles. The van der Waals surface area contributed by atoms with Gasteiger partial charge in [-0.3, -0.25) is 4.79 Å². The van der Waals surface area contributed by atoms with Crippen molar-refractivity contribution in [2.75, 3.05) is 13.1 Å². The number of hydrogen-bond donors (Lipinski definition) is 0. The van der Waals surface area contributed by atoms with E-state index < -0.39 is 0 Å². The summed E-state index contributed by atoms with van der Waals surface area (Å²) < 4.78 is 7.73. The van der Waals surface area contributed by atoms with Gasteiger partial charge in [0.05, 0.1) is 12.7 Å². The molecule has 1 amide bonds. The first-order valence-corrected chi connectivity index (χ1v) is 10.3. The number of carbonyl (C=O) groups is 1. The molecule has 1 aromatic heterocycles. The van der Waals surface area contributed by atoms with Crippen molar-refractivity contribution >= 4 is 12.0 Å². The average molecular weight is 402 g/mol. The van der Waals surface area contributed by atoms with Gasteiger partial charge in [0.1, 0.15) is 11.9 Å². The molecule has 6 nitrogen and oxygen atoms in total. The van der Waals surface area contributed by atoms with Crippen LogP contribution in [0.15, 0.2) is 66.9 Å². The molecule has 0 atom stereocenters. The highest BCUT2D eigenvalue weighted by atomic mass is 16.5. The molecule has 0 unspecified atom stereocenters. The van der Waals surface area contributed by atoms with E-state index in [-0.39, 0.29) is 12.0 Å². The molecule has 2 heterocycles. The Balaban J connectivity index is 1.27. The molecule has 1 aliphatic heterocycles. The molecule has 30 heavy (non-hydrogen) atoms. The number of rotatable bonds is 6. The number of aryl methyl sites for hydroxylation is 1. The van der Waals surface area contributed by atoms with E-state index in [0.29, 0.717) is 25.3 Å². The molecule has 6 heteroatoms. The van der Waals surface area contributed by atoms with Crippen molar-refractivity contribution in [3.63, 3.8) is 0 Å². The van der Waals surface area contributed by atoms with E-state index in [2.05, 4.69) is 17.2 Å². The van der Waals surface area contributed by atoms with E-state index in [1.54, 1.807) is 10.9 Å². The van der Waals surface area contributed by atoms with Gasteiger partial charge in [-0.2, -0.15) is 0 Å². The van der Waals surface area contributed by atoms with Gasteiger partial charge in [-0.25, -0.2) is 4.68 Å². The quantitative estimate of drug-likeness (QED) is 0.626. The SMILES string of the molecule is Cc1ccc(OC2CCN(C(=O)c3cn(CC=Cc4ccccc4)nn3)CC2)cc1. The van der Waals surface area contributed by atoms with Crippen LogP contribution in [-0.4, -0.2) is 45.0 Å². The Kier molecular flexibility index (Phi) is 6.23. The lowest BCUT2D eigenvalue weighted by atomic mass is 10.1. The predicted molar refractivity (Wildman–Crippen MR) is 116 cm³/mol. The summed E-state index contributed by atoms with van der Waals surface area (Å²) in [5.74, 6) is 0.818. The van der Waals surface area contributed by atoms with Crippen LogP contribution in [0.3, 0.4) is 0 Å². The summed E-state index contributed by atoms with van der Waals surface area (Å²) >= 11 is 0. The Hall–Kier alpha value is -3.41. The first-order valence-electron chi connectivity index (χ1n) is 10.3. The number of amides is 1. The minimum Gasteiger partial charge on any atom is -0.490 e. The number of hydrogen-bond acceptors (Lipinski definition) is 4. The summed E-state index contributed by atoms with van der Waals surface area (Å²) in [6.07, 6.45) is 7.51. The Bertz CT molecular complexity index is 988. The normalized spacial score (nSPS) is 14.9. The van der Waals surface area contributed by atoms with Crippen molar-refractivity contribution in [3.05, 3.63) is 83.7 Å². The van der Waals surface area contributed by atoms with Gasteiger partial charge < -0.3 is 9.64 Å². The van der Waals surface area contributed by atoms with Crippen molar-refractivity contribution < 1.29 is 9.53 Å². The van der Waals surface area contributed by atoms with Crippen LogP contribution < -0.4 is 4.74 Å². The largest absolute Gasteiger partial charge is 0.490 e.